The first-order valence-electron chi connectivity index (χ1n) is 13.4. The zero-order chi connectivity index (χ0) is 27.8. The number of aromatic amines is 2. The normalized spacial score (nSPS) is 14.7. The topological polar surface area (TPSA) is 66.6 Å². The number of H-pyrrole nitrogens is 2. The first-order valence-corrected chi connectivity index (χ1v) is 13.4. The molecule has 0 aliphatic carbocycles. The highest BCUT2D eigenvalue weighted by atomic mass is 19.2. The molecule has 0 saturated carbocycles. The molecule has 0 amide bonds. The van der Waals surface area contributed by atoms with E-state index in [1.165, 1.54) is 24.3 Å². The highest BCUT2D eigenvalue weighted by Gasteiger charge is 2.27. The summed E-state index contributed by atoms with van der Waals surface area (Å²) in [5, 5.41) is 0. The summed E-state index contributed by atoms with van der Waals surface area (Å²) < 4.78 is 61.3. The van der Waals surface area contributed by atoms with E-state index in [-0.39, 0.29) is 23.7 Å². The van der Waals surface area contributed by atoms with Crippen LogP contribution in [-0.4, -0.2) is 33.1 Å². The van der Waals surface area contributed by atoms with E-state index in [1.807, 2.05) is 13.8 Å². The zero-order valence-corrected chi connectivity index (χ0v) is 22.1. The monoisotopic (exact) mass is 542 g/mol. The molecule has 5 nitrogen and oxygen atoms in total. The van der Waals surface area contributed by atoms with Crippen molar-refractivity contribution in [2.75, 3.05) is 13.2 Å². The van der Waals surface area contributed by atoms with E-state index < -0.39 is 23.3 Å². The summed E-state index contributed by atoms with van der Waals surface area (Å²) in [6.45, 7) is 4.94. The van der Waals surface area contributed by atoms with Gasteiger partial charge in [0.25, 0.3) is 0 Å². The van der Waals surface area contributed by atoms with Crippen LogP contribution >= 0.6 is 0 Å². The van der Waals surface area contributed by atoms with Crippen molar-refractivity contribution in [2.45, 2.75) is 63.2 Å². The minimum atomic E-state index is -0.865. The van der Waals surface area contributed by atoms with Crippen LogP contribution in [-0.2, 0) is 4.74 Å². The van der Waals surface area contributed by atoms with Crippen LogP contribution in [0.3, 0.4) is 0 Å². The van der Waals surface area contributed by atoms with Crippen molar-refractivity contribution in [3.63, 3.8) is 0 Å². The van der Waals surface area contributed by atoms with E-state index in [9.17, 15) is 17.6 Å². The Kier molecular flexibility index (Phi) is 9.92. The SMILES string of the molecule is CCC(c1ccc(F)c(F)c1)C(CCOCCC(c1cnc[nH]1)C(CC)c1ccc(F)c(F)c1)c1cnc[nH]1. The Bertz CT molecular complexity index is 1200. The van der Waals surface area contributed by atoms with Crippen LogP contribution in [0.4, 0.5) is 17.6 Å². The Morgan fingerprint density at radius 3 is 1.41 bits per heavy atom. The quantitative estimate of drug-likeness (QED) is 0.127. The Morgan fingerprint density at radius 2 is 1.08 bits per heavy atom. The van der Waals surface area contributed by atoms with Crippen LogP contribution < -0.4 is 0 Å². The summed E-state index contributed by atoms with van der Waals surface area (Å²) in [5.41, 5.74) is 3.28. The van der Waals surface area contributed by atoms with Gasteiger partial charge in [0.15, 0.2) is 23.3 Å². The van der Waals surface area contributed by atoms with Gasteiger partial charge in [-0.3, -0.25) is 0 Å². The summed E-state index contributed by atoms with van der Waals surface area (Å²) in [4.78, 5) is 14.7. The third kappa shape index (κ3) is 6.95. The van der Waals surface area contributed by atoms with Crippen LogP contribution in [0.1, 0.15) is 85.7 Å². The van der Waals surface area contributed by atoms with Gasteiger partial charge in [-0.15, -0.1) is 0 Å². The molecule has 4 atom stereocenters. The lowest BCUT2D eigenvalue weighted by atomic mass is 9.80. The smallest absolute Gasteiger partial charge is 0.159 e. The van der Waals surface area contributed by atoms with Gasteiger partial charge >= 0.3 is 0 Å². The highest BCUT2D eigenvalue weighted by molar-refractivity contribution is 5.27. The Labute approximate surface area is 226 Å². The van der Waals surface area contributed by atoms with Crippen molar-refractivity contribution in [2.24, 2.45) is 0 Å². The van der Waals surface area contributed by atoms with Crippen molar-refractivity contribution >= 4 is 0 Å². The number of halogens is 4. The molecule has 4 aromatic rings. The first kappa shape index (κ1) is 28.5. The molecule has 0 aliphatic heterocycles. The van der Waals surface area contributed by atoms with Crippen LogP contribution in [0, 0.1) is 23.3 Å². The molecule has 2 N–H and O–H groups in total. The van der Waals surface area contributed by atoms with Crippen molar-refractivity contribution in [3.05, 3.63) is 107 Å². The highest BCUT2D eigenvalue weighted by Crippen LogP contribution is 2.39. The fourth-order valence-electron chi connectivity index (χ4n) is 5.60. The molecule has 2 aromatic heterocycles. The van der Waals surface area contributed by atoms with Gasteiger partial charge in [0.05, 0.1) is 12.7 Å². The van der Waals surface area contributed by atoms with Gasteiger partial charge in [-0.25, -0.2) is 27.5 Å². The molecule has 0 aliphatic rings. The number of aromatic nitrogens is 4. The molecule has 0 radical (unpaired) electrons. The molecule has 9 heteroatoms. The van der Waals surface area contributed by atoms with Gasteiger partial charge in [-0.1, -0.05) is 26.0 Å². The van der Waals surface area contributed by atoms with E-state index >= 15 is 0 Å². The average molecular weight is 543 g/mol. The largest absolute Gasteiger partial charge is 0.381 e. The number of nitrogens with one attached hydrogen (secondary N) is 2. The zero-order valence-electron chi connectivity index (χ0n) is 22.1. The second kappa shape index (κ2) is 13.6. The standard InChI is InChI=1S/C30H34F4N4O/c1-3-21(19-5-7-25(31)27(33)13-19)23(29-15-35-17-37-29)9-11-39-12-10-24(30-16-36-18-38-30)22(4-2)20-6-8-26(32)28(34)14-20/h5-8,13-18,21-24H,3-4,9-12H2,1-2H3,(H,35,37)(H,36,38). The van der Waals surface area contributed by atoms with Crippen LogP contribution in [0.25, 0.3) is 0 Å². The molecule has 4 rings (SSSR count). The number of hydrogen-bond acceptors (Lipinski definition) is 3. The van der Waals surface area contributed by atoms with E-state index in [1.54, 1.807) is 37.2 Å². The molecule has 0 fully saturated rings. The number of imidazole rings is 2. The third-order valence-corrected chi connectivity index (χ3v) is 7.58. The lowest BCUT2D eigenvalue weighted by molar-refractivity contribution is 0.114. The van der Waals surface area contributed by atoms with Crippen LogP contribution in [0.15, 0.2) is 61.4 Å². The Balaban J connectivity index is 1.43. The molecular formula is C30H34F4N4O. The number of rotatable bonds is 14. The van der Waals surface area contributed by atoms with Crippen LogP contribution in [0.2, 0.25) is 0 Å². The fourth-order valence-corrected chi connectivity index (χ4v) is 5.60. The van der Waals surface area contributed by atoms with Gasteiger partial charge in [-0.05, 0) is 72.9 Å². The molecule has 2 aromatic carbocycles. The average Bonchev–Trinajstić information content (AvgIpc) is 3.66. The maximum Gasteiger partial charge on any atom is 0.159 e. The molecule has 0 saturated heterocycles. The van der Waals surface area contributed by atoms with Crippen molar-refractivity contribution < 1.29 is 22.3 Å². The maximum atomic E-state index is 14.0. The van der Waals surface area contributed by atoms with Crippen molar-refractivity contribution in [3.8, 4) is 0 Å². The minimum Gasteiger partial charge on any atom is -0.381 e. The lowest BCUT2D eigenvalue weighted by Crippen LogP contribution is -2.17. The second-order valence-corrected chi connectivity index (χ2v) is 9.79. The van der Waals surface area contributed by atoms with E-state index in [0.717, 1.165) is 35.4 Å². The van der Waals surface area contributed by atoms with E-state index in [4.69, 9.17) is 4.74 Å². The number of hydrogen-bond donors (Lipinski definition) is 2. The molecule has 39 heavy (non-hydrogen) atoms. The fraction of sp³-hybridized carbons (Fsp3) is 0.400. The number of nitrogens with zero attached hydrogens (tertiary/aromatic N) is 2. The summed E-state index contributed by atoms with van der Waals surface area (Å²) >= 11 is 0. The van der Waals surface area contributed by atoms with Crippen LogP contribution in [0.5, 0.6) is 0 Å². The number of ether oxygens (including phenoxy) is 1. The Hall–Kier alpha value is -3.46. The first-order chi connectivity index (χ1) is 18.9. The molecule has 4 unspecified atom stereocenters. The van der Waals surface area contributed by atoms with Crippen molar-refractivity contribution in [1.29, 1.82) is 0 Å². The lowest BCUT2D eigenvalue weighted by Gasteiger charge is -2.27. The summed E-state index contributed by atoms with van der Waals surface area (Å²) in [5.74, 6) is -3.62. The summed E-state index contributed by atoms with van der Waals surface area (Å²) in [6, 6.07) is 8.14. The summed E-state index contributed by atoms with van der Waals surface area (Å²) in [6.07, 6.45) is 9.48. The predicted molar refractivity (Wildman–Crippen MR) is 141 cm³/mol. The molecule has 2 heterocycles. The minimum absolute atomic E-state index is 0.0312. The van der Waals surface area contributed by atoms with Crippen molar-refractivity contribution in [1.82, 2.24) is 19.9 Å². The van der Waals surface area contributed by atoms with E-state index in [0.29, 0.717) is 26.1 Å². The maximum absolute atomic E-state index is 14.0. The molecule has 0 bridgehead atoms. The predicted octanol–water partition coefficient (Wildman–Crippen LogP) is 7.74. The second-order valence-electron chi connectivity index (χ2n) is 9.79. The number of benzene rings is 2. The van der Waals surface area contributed by atoms with Gasteiger partial charge in [0.2, 0.25) is 0 Å². The molecule has 208 valence electrons. The third-order valence-electron chi connectivity index (χ3n) is 7.58. The van der Waals surface area contributed by atoms with Gasteiger partial charge in [-0.2, -0.15) is 0 Å². The Morgan fingerprint density at radius 1 is 0.641 bits per heavy atom. The van der Waals surface area contributed by atoms with Gasteiger partial charge in [0.1, 0.15) is 0 Å². The summed E-state index contributed by atoms with van der Waals surface area (Å²) in [7, 11) is 0. The van der Waals surface area contributed by atoms with E-state index in [2.05, 4.69) is 19.9 Å². The molecule has 0 spiro atoms. The molecular weight excluding hydrogens is 508 g/mol. The van der Waals surface area contributed by atoms with Gasteiger partial charge in [0, 0.05) is 48.8 Å². The van der Waals surface area contributed by atoms with Gasteiger partial charge < -0.3 is 14.7 Å².